The molecular weight excluding hydrogens is 228 g/mol. The zero-order valence-corrected chi connectivity index (χ0v) is 11.5. The van der Waals surface area contributed by atoms with Crippen molar-refractivity contribution in [2.45, 2.75) is 45.8 Å². The number of nitrogens with zero attached hydrogens (tertiary/aromatic N) is 2. The Morgan fingerprint density at radius 3 is 2.33 bits per heavy atom. The standard InChI is InChI=1S/C14H24N2O2/c1-4-12(5-2)16(8-9-17)13-6-7-14(11(3)18)15-10-13/h6-7,10-12,17-18H,4-5,8-9H2,1-3H3/t11-/m0/s1. The number of aliphatic hydroxyl groups excluding tert-OH is 2. The fraction of sp³-hybridized carbons (Fsp3) is 0.643. The molecule has 0 fully saturated rings. The second-order valence-corrected chi connectivity index (χ2v) is 4.50. The molecule has 4 nitrogen and oxygen atoms in total. The Morgan fingerprint density at radius 2 is 1.94 bits per heavy atom. The van der Waals surface area contributed by atoms with Gasteiger partial charge in [-0.2, -0.15) is 0 Å². The summed E-state index contributed by atoms with van der Waals surface area (Å²) >= 11 is 0. The molecular formula is C14H24N2O2. The first-order chi connectivity index (χ1) is 8.63. The van der Waals surface area contributed by atoms with E-state index in [2.05, 4.69) is 23.7 Å². The van der Waals surface area contributed by atoms with E-state index in [1.54, 1.807) is 13.1 Å². The van der Waals surface area contributed by atoms with Gasteiger partial charge < -0.3 is 15.1 Å². The van der Waals surface area contributed by atoms with Crippen molar-refractivity contribution in [1.82, 2.24) is 4.98 Å². The molecule has 0 bridgehead atoms. The van der Waals surface area contributed by atoms with Gasteiger partial charge in [0.1, 0.15) is 0 Å². The third-order valence-corrected chi connectivity index (χ3v) is 3.25. The maximum Gasteiger partial charge on any atom is 0.0931 e. The second-order valence-electron chi connectivity index (χ2n) is 4.50. The van der Waals surface area contributed by atoms with Gasteiger partial charge in [-0.25, -0.2) is 0 Å². The van der Waals surface area contributed by atoms with Gasteiger partial charge in [-0.15, -0.1) is 0 Å². The molecule has 0 aliphatic rings. The zero-order chi connectivity index (χ0) is 13.5. The Balaban J connectivity index is 2.91. The number of aromatic nitrogens is 1. The van der Waals surface area contributed by atoms with Crippen LogP contribution < -0.4 is 4.90 Å². The maximum atomic E-state index is 9.44. The fourth-order valence-electron chi connectivity index (χ4n) is 2.17. The molecule has 1 heterocycles. The minimum Gasteiger partial charge on any atom is -0.395 e. The van der Waals surface area contributed by atoms with Gasteiger partial charge in [0.2, 0.25) is 0 Å². The average molecular weight is 252 g/mol. The number of aliphatic hydroxyl groups is 2. The smallest absolute Gasteiger partial charge is 0.0931 e. The summed E-state index contributed by atoms with van der Waals surface area (Å²) in [6.07, 6.45) is 3.30. The lowest BCUT2D eigenvalue weighted by atomic mass is 10.1. The van der Waals surface area contributed by atoms with E-state index in [1.807, 2.05) is 12.1 Å². The highest BCUT2D eigenvalue weighted by atomic mass is 16.3. The summed E-state index contributed by atoms with van der Waals surface area (Å²) in [6.45, 7) is 6.75. The van der Waals surface area contributed by atoms with Gasteiger partial charge in [-0.3, -0.25) is 4.98 Å². The Kier molecular flexibility index (Phi) is 6.09. The summed E-state index contributed by atoms with van der Waals surface area (Å²) in [4.78, 5) is 6.44. The Bertz CT molecular complexity index is 334. The quantitative estimate of drug-likeness (QED) is 0.780. The molecule has 0 aliphatic carbocycles. The van der Waals surface area contributed by atoms with Crippen LogP contribution in [0.1, 0.15) is 45.4 Å². The number of rotatable bonds is 7. The molecule has 102 valence electrons. The largest absolute Gasteiger partial charge is 0.395 e. The molecule has 4 heteroatoms. The predicted octanol–water partition coefficient (Wildman–Crippen LogP) is 2.12. The van der Waals surface area contributed by atoms with Crippen LogP contribution in [0.3, 0.4) is 0 Å². The summed E-state index contributed by atoms with van der Waals surface area (Å²) in [5.74, 6) is 0. The van der Waals surface area contributed by atoms with Crippen molar-refractivity contribution in [2.75, 3.05) is 18.1 Å². The second kappa shape index (κ2) is 7.34. The summed E-state index contributed by atoms with van der Waals surface area (Å²) in [5.41, 5.74) is 1.68. The molecule has 18 heavy (non-hydrogen) atoms. The van der Waals surface area contributed by atoms with E-state index >= 15 is 0 Å². The third kappa shape index (κ3) is 3.68. The minimum atomic E-state index is -0.543. The van der Waals surface area contributed by atoms with E-state index in [1.165, 1.54) is 0 Å². The lowest BCUT2D eigenvalue weighted by Crippen LogP contribution is -2.36. The van der Waals surface area contributed by atoms with E-state index in [4.69, 9.17) is 0 Å². The van der Waals surface area contributed by atoms with Crippen LogP contribution in [-0.4, -0.2) is 34.4 Å². The van der Waals surface area contributed by atoms with E-state index < -0.39 is 6.10 Å². The summed E-state index contributed by atoms with van der Waals surface area (Å²) in [5, 5.41) is 18.6. The van der Waals surface area contributed by atoms with Crippen LogP contribution in [0.5, 0.6) is 0 Å². The molecule has 0 radical (unpaired) electrons. The van der Waals surface area contributed by atoms with Crippen LogP contribution in [0.2, 0.25) is 0 Å². The van der Waals surface area contributed by atoms with E-state index in [9.17, 15) is 10.2 Å². The molecule has 0 aromatic carbocycles. The van der Waals surface area contributed by atoms with Crippen molar-refractivity contribution in [1.29, 1.82) is 0 Å². The SMILES string of the molecule is CCC(CC)N(CCO)c1ccc([C@H](C)O)nc1. The molecule has 0 spiro atoms. The summed E-state index contributed by atoms with van der Waals surface area (Å²) < 4.78 is 0. The molecule has 2 N–H and O–H groups in total. The first-order valence-corrected chi connectivity index (χ1v) is 6.65. The van der Waals surface area contributed by atoms with Crippen molar-refractivity contribution < 1.29 is 10.2 Å². The van der Waals surface area contributed by atoms with Gasteiger partial charge in [0, 0.05) is 12.6 Å². The van der Waals surface area contributed by atoms with E-state index in [0.29, 0.717) is 18.3 Å². The predicted molar refractivity (Wildman–Crippen MR) is 73.7 cm³/mol. The normalized spacial score (nSPS) is 12.8. The van der Waals surface area contributed by atoms with Crippen LogP contribution in [0.15, 0.2) is 18.3 Å². The highest BCUT2D eigenvalue weighted by Crippen LogP contribution is 2.21. The average Bonchev–Trinajstić information content (AvgIpc) is 2.39. The molecule has 0 saturated heterocycles. The van der Waals surface area contributed by atoms with Crippen LogP contribution in [0.4, 0.5) is 5.69 Å². The minimum absolute atomic E-state index is 0.134. The van der Waals surface area contributed by atoms with Crippen LogP contribution in [0, 0.1) is 0 Å². The van der Waals surface area contributed by atoms with Crippen LogP contribution in [-0.2, 0) is 0 Å². The van der Waals surface area contributed by atoms with Crippen molar-refractivity contribution in [3.63, 3.8) is 0 Å². The molecule has 0 aliphatic heterocycles. The number of pyridine rings is 1. The van der Waals surface area contributed by atoms with E-state index in [-0.39, 0.29) is 6.61 Å². The zero-order valence-electron chi connectivity index (χ0n) is 11.5. The number of hydrogen-bond acceptors (Lipinski definition) is 4. The number of hydrogen-bond donors (Lipinski definition) is 2. The molecule has 0 saturated carbocycles. The first kappa shape index (κ1) is 14.9. The van der Waals surface area contributed by atoms with E-state index in [0.717, 1.165) is 18.5 Å². The first-order valence-electron chi connectivity index (χ1n) is 6.65. The Morgan fingerprint density at radius 1 is 1.28 bits per heavy atom. The highest BCUT2D eigenvalue weighted by Gasteiger charge is 2.15. The van der Waals surface area contributed by atoms with Gasteiger partial charge in [0.15, 0.2) is 0 Å². The molecule has 1 aromatic heterocycles. The van der Waals surface area contributed by atoms with Gasteiger partial charge in [-0.05, 0) is 31.9 Å². The van der Waals surface area contributed by atoms with Crippen molar-refractivity contribution >= 4 is 5.69 Å². The van der Waals surface area contributed by atoms with Gasteiger partial charge >= 0.3 is 0 Å². The van der Waals surface area contributed by atoms with Crippen LogP contribution in [0.25, 0.3) is 0 Å². The summed E-state index contributed by atoms with van der Waals surface area (Å²) in [6, 6.07) is 4.21. The fourth-order valence-corrected chi connectivity index (χ4v) is 2.17. The van der Waals surface area contributed by atoms with Gasteiger partial charge in [0.05, 0.1) is 30.3 Å². The molecule has 0 amide bonds. The maximum absolute atomic E-state index is 9.44. The molecule has 1 atom stereocenters. The summed E-state index contributed by atoms with van der Waals surface area (Å²) in [7, 11) is 0. The monoisotopic (exact) mass is 252 g/mol. The van der Waals surface area contributed by atoms with Crippen molar-refractivity contribution in [3.05, 3.63) is 24.0 Å². The van der Waals surface area contributed by atoms with Crippen molar-refractivity contribution in [3.8, 4) is 0 Å². The lowest BCUT2D eigenvalue weighted by molar-refractivity contribution is 0.194. The van der Waals surface area contributed by atoms with Crippen LogP contribution >= 0.6 is 0 Å². The highest BCUT2D eigenvalue weighted by molar-refractivity contribution is 5.45. The van der Waals surface area contributed by atoms with Gasteiger partial charge in [0.25, 0.3) is 0 Å². The lowest BCUT2D eigenvalue weighted by Gasteiger charge is -2.32. The third-order valence-electron chi connectivity index (χ3n) is 3.25. The Hall–Kier alpha value is -1.13. The molecule has 1 rings (SSSR count). The van der Waals surface area contributed by atoms with Gasteiger partial charge in [-0.1, -0.05) is 13.8 Å². The molecule has 1 aromatic rings. The Labute approximate surface area is 109 Å². The number of anilines is 1. The molecule has 0 unspecified atom stereocenters. The van der Waals surface area contributed by atoms with Crippen molar-refractivity contribution in [2.24, 2.45) is 0 Å². The topological polar surface area (TPSA) is 56.6 Å².